The topological polar surface area (TPSA) is 60.6 Å². The molecule has 17 heavy (non-hydrogen) atoms. The van der Waals surface area contributed by atoms with E-state index in [2.05, 4.69) is 20.6 Å². The van der Waals surface area contributed by atoms with Crippen LogP contribution in [0.15, 0.2) is 18.7 Å². The highest BCUT2D eigenvalue weighted by Crippen LogP contribution is 1.96. The van der Waals surface area contributed by atoms with Crippen LogP contribution in [0.25, 0.3) is 0 Å². The average molecular weight is 234 g/mol. The summed E-state index contributed by atoms with van der Waals surface area (Å²) in [5.74, 6) is 1.01. The number of nitrogens with one attached hydrogen (secondary N) is 1. The predicted molar refractivity (Wildman–Crippen MR) is 64.5 cm³/mol. The van der Waals surface area contributed by atoms with Crippen molar-refractivity contribution < 1.29 is 0 Å². The van der Waals surface area contributed by atoms with Crippen molar-refractivity contribution in [3.63, 3.8) is 0 Å². The Bertz CT molecular complexity index is 458. The van der Waals surface area contributed by atoms with E-state index in [4.69, 9.17) is 0 Å². The Balaban J connectivity index is 1.62. The summed E-state index contributed by atoms with van der Waals surface area (Å²) in [6.07, 6.45) is 7.59. The van der Waals surface area contributed by atoms with Gasteiger partial charge in [-0.3, -0.25) is 4.68 Å². The lowest BCUT2D eigenvalue weighted by molar-refractivity contribution is 0.651. The van der Waals surface area contributed by atoms with E-state index in [1.54, 1.807) is 6.33 Å². The molecule has 6 heteroatoms. The van der Waals surface area contributed by atoms with Crippen LogP contribution in [0.2, 0.25) is 0 Å². The Hall–Kier alpha value is -1.69. The number of aryl methyl sites for hydroxylation is 2. The molecular weight excluding hydrogens is 216 g/mol. The Morgan fingerprint density at radius 3 is 2.71 bits per heavy atom. The summed E-state index contributed by atoms with van der Waals surface area (Å²) in [7, 11) is 3.90. The quantitative estimate of drug-likeness (QED) is 0.710. The van der Waals surface area contributed by atoms with Crippen LogP contribution in [-0.4, -0.2) is 37.6 Å². The summed E-state index contributed by atoms with van der Waals surface area (Å²) < 4.78 is 3.78. The molecule has 2 aromatic rings. The Morgan fingerprint density at radius 1 is 1.24 bits per heavy atom. The molecule has 2 heterocycles. The van der Waals surface area contributed by atoms with Crippen LogP contribution in [0, 0.1) is 0 Å². The van der Waals surface area contributed by atoms with Gasteiger partial charge in [0.25, 0.3) is 0 Å². The maximum absolute atomic E-state index is 4.14. The first-order chi connectivity index (χ1) is 8.25. The standard InChI is InChI=1S/C11H18N6/c1-16-9-13-15-11(16)4-6-12-5-3-10-7-14-17(2)8-10/h7-9,12H,3-6H2,1-2H3. The molecule has 0 radical (unpaired) electrons. The summed E-state index contributed by atoms with van der Waals surface area (Å²) in [6, 6.07) is 0. The van der Waals surface area contributed by atoms with Crippen molar-refractivity contribution in [2.45, 2.75) is 12.8 Å². The van der Waals surface area contributed by atoms with Crippen LogP contribution in [-0.2, 0) is 26.9 Å². The van der Waals surface area contributed by atoms with Crippen LogP contribution in [0.3, 0.4) is 0 Å². The third kappa shape index (κ3) is 3.39. The van der Waals surface area contributed by atoms with Crippen LogP contribution in [0.4, 0.5) is 0 Å². The third-order valence-corrected chi connectivity index (χ3v) is 2.68. The molecule has 6 nitrogen and oxygen atoms in total. The SMILES string of the molecule is Cn1cc(CCNCCc2nncn2C)cn1. The zero-order valence-corrected chi connectivity index (χ0v) is 10.3. The van der Waals surface area contributed by atoms with Gasteiger partial charge in [0.15, 0.2) is 0 Å². The van der Waals surface area contributed by atoms with Gasteiger partial charge in [0.2, 0.25) is 0 Å². The molecule has 0 fully saturated rings. The molecule has 0 aromatic carbocycles. The molecule has 2 rings (SSSR count). The molecular formula is C11H18N6. The minimum Gasteiger partial charge on any atom is -0.321 e. The molecule has 0 saturated heterocycles. The first-order valence-electron chi connectivity index (χ1n) is 5.77. The van der Waals surface area contributed by atoms with E-state index in [1.807, 2.05) is 35.7 Å². The van der Waals surface area contributed by atoms with Crippen molar-refractivity contribution in [3.8, 4) is 0 Å². The Labute approximate surface area is 101 Å². The van der Waals surface area contributed by atoms with Gasteiger partial charge in [0.1, 0.15) is 12.2 Å². The zero-order valence-electron chi connectivity index (χ0n) is 10.3. The first kappa shape index (κ1) is 11.8. The van der Waals surface area contributed by atoms with Crippen molar-refractivity contribution in [1.29, 1.82) is 0 Å². The van der Waals surface area contributed by atoms with Crippen molar-refractivity contribution in [1.82, 2.24) is 29.9 Å². The lowest BCUT2D eigenvalue weighted by Gasteiger charge is -2.03. The third-order valence-electron chi connectivity index (χ3n) is 2.68. The first-order valence-corrected chi connectivity index (χ1v) is 5.77. The molecule has 92 valence electrons. The fourth-order valence-electron chi connectivity index (χ4n) is 1.69. The van der Waals surface area contributed by atoms with Crippen LogP contribution in [0.1, 0.15) is 11.4 Å². The second-order valence-corrected chi connectivity index (χ2v) is 4.13. The van der Waals surface area contributed by atoms with E-state index in [0.717, 1.165) is 31.8 Å². The van der Waals surface area contributed by atoms with E-state index < -0.39 is 0 Å². The number of rotatable bonds is 6. The minimum absolute atomic E-state index is 0.906. The van der Waals surface area contributed by atoms with Gasteiger partial charge in [0, 0.05) is 33.3 Å². The highest BCUT2D eigenvalue weighted by Gasteiger charge is 2.00. The van der Waals surface area contributed by atoms with E-state index in [9.17, 15) is 0 Å². The predicted octanol–water partition coefficient (Wildman–Crippen LogP) is -0.0766. The summed E-state index contributed by atoms with van der Waals surface area (Å²) in [5, 5.41) is 15.4. The number of aromatic nitrogens is 5. The molecule has 0 aliphatic heterocycles. The molecule has 0 unspecified atom stereocenters. The van der Waals surface area contributed by atoms with Gasteiger partial charge in [-0.25, -0.2) is 0 Å². The number of nitrogens with zero attached hydrogens (tertiary/aromatic N) is 5. The molecule has 0 amide bonds. The van der Waals surface area contributed by atoms with Crippen molar-refractivity contribution in [3.05, 3.63) is 30.1 Å². The largest absolute Gasteiger partial charge is 0.321 e. The second-order valence-electron chi connectivity index (χ2n) is 4.13. The second kappa shape index (κ2) is 5.58. The molecule has 0 spiro atoms. The summed E-state index contributed by atoms with van der Waals surface area (Å²) in [6.45, 7) is 1.89. The summed E-state index contributed by atoms with van der Waals surface area (Å²) in [5.41, 5.74) is 1.26. The van der Waals surface area contributed by atoms with E-state index in [-0.39, 0.29) is 0 Å². The molecule has 1 N–H and O–H groups in total. The normalized spacial score (nSPS) is 10.9. The summed E-state index contributed by atoms with van der Waals surface area (Å²) in [4.78, 5) is 0. The fourth-order valence-corrected chi connectivity index (χ4v) is 1.69. The van der Waals surface area contributed by atoms with E-state index in [1.165, 1.54) is 5.56 Å². The van der Waals surface area contributed by atoms with Gasteiger partial charge in [-0.15, -0.1) is 10.2 Å². The van der Waals surface area contributed by atoms with Gasteiger partial charge in [-0.2, -0.15) is 5.10 Å². The maximum Gasteiger partial charge on any atom is 0.133 e. The average Bonchev–Trinajstić information content (AvgIpc) is 2.88. The highest BCUT2D eigenvalue weighted by molar-refractivity contribution is 5.03. The zero-order chi connectivity index (χ0) is 12.1. The molecule has 0 aliphatic carbocycles. The molecule has 0 aliphatic rings. The van der Waals surface area contributed by atoms with Crippen LogP contribution in [0.5, 0.6) is 0 Å². The van der Waals surface area contributed by atoms with Crippen molar-refractivity contribution in [2.75, 3.05) is 13.1 Å². The van der Waals surface area contributed by atoms with Crippen molar-refractivity contribution in [2.24, 2.45) is 14.1 Å². The van der Waals surface area contributed by atoms with Crippen LogP contribution < -0.4 is 5.32 Å². The molecule has 0 atom stereocenters. The molecule has 2 aromatic heterocycles. The maximum atomic E-state index is 4.14. The fraction of sp³-hybridized carbons (Fsp3) is 0.545. The van der Waals surface area contributed by atoms with Gasteiger partial charge in [-0.1, -0.05) is 0 Å². The van der Waals surface area contributed by atoms with Gasteiger partial charge in [0.05, 0.1) is 6.20 Å². The van der Waals surface area contributed by atoms with Crippen molar-refractivity contribution >= 4 is 0 Å². The number of hydrogen-bond donors (Lipinski definition) is 1. The minimum atomic E-state index is 0.906. The van der Waals surface area contributed by atoms with Crippen LogP contribution >= 0.6 is 0 Å². The lowest BCUT2D eigenvalue weighted by atomic mass is 10.2. The Morgan fingerprint density at radius 2 is 2.06 bits per heavy atom. The van der Waals surface area contributed by atoms with Gasteiger partial charge in [-0.05, 0) is 18.5 Å². The van der Waals surface area contributed by atoms with E-state index in [0.29, 0.717) is 0 Å². The number of hydrogen-bond acceptors (Lipinski definition) is 4. The monoisotopic (exact) mass is 234 g/mol. The van der Waals surface area contributed by atoms with Gasteiger partial charge < -0.3 is 9.88 Å². The summed E-state index contributed by atoms with van der Waals surface area (Å²) >= 11 is 0. The van der Waals surface area contributed by atoms with E-state index >= 15 is 0 Å². The lowest BCUT2D eigenvalue weighted by Crippen LogP contribution is -2.21. The molecule has 0 bridgehead atoms. The highest BCUT2D eigenvalue weighted by atomic mass is 15.2. The molecule has 0 saturated carbocycles. The smallest absolute Gasteiger partial charge is 0.133 e. The van der Waals surface area contributed by atoms with Gasteiger partial charge >= 0.3 is 0 Å². The Kier molecular flexibility index (Phi) is 3.87.